The molecule has 3 saturated heterocycles. The highest BCUT2D eigenvalue weighted by molar-refractivity contribution is 5.93. The Morgan fingerprint density at radius 3 is 2.52 bits per heavy atom. The number of piperidine rings is 1. The predicted molar refractivity (Wildman–Crippen MR) is 178 cm³/mol. The number of amides is 1. The summed E-state index contributed by atoms with van der Waals surface area (Å²) in [5.74, 6) is 0.318. The fourth-order valence-corrected chi connectivity index (χ4v) is 7.10. The van der Waals surface area contributed by atoms with Crippen LogP contribution in [-0.4, -0.2) is 104 Å². The minimum Gasteiger partial charge on any atom is -0.457 e. The smallest absolute Gasteiger partial charge is 0.249 e. The fourth-order valence-electron chi connectivity index (χ4n) is 7.10. The number of piperazine rings is 1. The van der Waals surface area contributed by atoms with Gasteiger partial charge < -0.3 is 14.4 Å². The zero-order chi connectivity index (χ0) is 33.1. The summed E-state index contributed by atoms with van der Waals surface area (Å²) in [5, 5.41) is 15.2. The second kappa shape index (κ2) is 13.8. The summed E-state index contributed by atoms with van der Waals surface area (Å²) in [6, 6.07) is 15.5. The highest BCUT2D eigenvalue weighted by atomic mass is 19.1. The molecule has 48 heavy (non-hydrogen) atoms. The number of nitrogens with zero attached hydrogens (tertiary/aromatic N) is 8. The summed E-state index contributed by atoms with van der Waals surface area (Å²) >= 11 is 0. The number of hydrogen-bond acceptors (Lipinski definition) is 9. The molecule has 3 aliphatic heterocycles. The van der Waals surface area contributed by atoms with Crippen LogP contribution in [0.25, 0.3) is 22.3 Å². The van der Waals surface area contributed by atoms with Crippen molar-refractivity contribution >= 4 is 16.9 Å². The van der Waals surface area contributed by atoms with Gasteiger partial charge in [-0.3, -0.25) is 14.6 Å². The molecule has 2 unspecified atom stereocenters. The third-order valence-electron chi connectivity index (χ3n) is 9.87. The molecule has 0 aliphatic carbocycles. The quantitative estimate of drug-likeness (QED) is 0.235. The molecule has 1 amide bonds. The molecular formula is C36H39FN8O3. The van der Waals surface area contributed by atoms with Gasteiger partial charge in [0.15, 0.2) is 11.7 Å². The molecule has 12 heteroatoms. The Morgan fingerprint density at radius 1 is 1.06 bits per heavy atom. The van der Waals surface area contributed by atoms with E-state index in [1.165, 1.54) is 18.5 Å². The van der Waals surface area contributed by atoms with E-state index in [4.69, 9.17) is 14.6 Å². The van der Waals surface area contributed by atoms with E-state index in [1.54, 1.807) is 35.1 Å². The van der Waals surface area contributed by atoms with Gasteiger partial charge in [-0.25, -0.2) is 19.0 Å². The Morgan fingerprint density at radius 2 is 1.83 bits per heavy atom. The number of benzene rings is 2. The van der Waals surface area contributed by atoms with Gasteiger partial charge >= 0.3 is 0 Å². The van der Waals surface area contributed by atoms with Crippen molar-refractivity contribution < 1.29 is 18.7 Å². The number of carbonyl (C=O) groups is 1. The number of halogens is 1. The van der Waals surface area contributed by atoms with Crippen LogP contribution in [0.3, 0.4) is 0 Å². The first-order chi connectivity index (χ1) is 23.5. The van der Waals surface area contributed by atoms with E-state index < -0.39 is 17.4 Å². The molecule has 11 nitrogen and oxygen atoms in total. The second-order valence-electron chi connectivity index (χ2n) is 12.8. The van der Waals surface area contributed by atoms with Crippen LogP contribution >= 0.6 is 0 Å². The van der Waals surface area contributed by atoms with Crippen LogP contribution in [0.5, 0.6) is 11.5 Å². The van der Waals surface area contributed by atoms with Crippen molar-refractivity contribution in [2.24, 2.45) is 0 Å². The summed E-state index contributed by atoms with van der Waals surface area (Å²) in [6.07, 6.45) is 9.21. The molecule has 2 atom stereocenters. The Balaban J connectivity index is 1.32. The number of rotatable bonds is 9. The van der Waals surface area contributed by atoms with Gasteiger partial charge in [0, 0.05) is 63.2 Å². The zero-order valence-corrected chi connectivity index (χ0v) is 27.0. The van der Waals surface area contributed by atoms with E-state index in [0.29, 0.717) is 60.4 Å². The normalized spacial score (nSPS) is 19.9. The largest absolute Gasteiger partial charge is 0.457 e. The molecule has 0 spiro atoms. The maximum absolute atomic E-state index is 15.9. The van der Waals surface area contributed by atoms with Crippen LogP contribution in [0.15, 0.2) is 73.2 Å². The number of aromatic nitrogens is 4. The van der Waals surface area contributed by atoms with Crippen molar-refractivity contribution in [2.75, 3.05) is 52.5 Å². The minimum absolute atomic E-state index is 0.101. The van der Waals surface area contributed by atoms with Crippen LogP contribution in [-0.2, 0) is 9.53 Å². The number of fused-ring (bicyclic) bond motifs is 1. The topological polar surface area (TPSA) is 113 Å². The van der Waals surface area contributed by atoms with Gasteiger partial charge in [0.1, 0.15) is 29.3 Å². The fraction of sp³-hybridized carbons (Fsp3) is 0.417. The van der Waals surface area contributed by atoms with Crippen molar-refractivity contribution in [1.29, 1.82) is 5.26 Å². The summed E-state index contributed by atoms with van der Waals surface area (Å²) < 4.78 is 28.9. The van der Waals surface area contributed by atoms with Crippen LogP contribution in [0.1, 0.15) is 32.2 Å². The van der Waals surface area contributed by atoms with Crippen LogP contribution in [0.4, 0.5) is 4.39 Å². The zero-order valence-electron chi connectivity index (χ0n) is 27.0. The lowest BCUT2D eigenvalue weighted by molar-refractivity contribution is -0.141. The Kier molecular flexibility index (Phi) is 9.17. The van der Waals surface area contributed by atoms with Crippen LogP contribution in [0.2, 0.25) is 0 Å². The van der Waals surface area contributed by atoms with Crippen molar-refractivity contribution in [3.8, 4) is 28.8 Å². The molecule has 3 fully saturated rings. The van der Waals surface area contributed by atoms with Crippen LogP contribution in [0, 0.1) is 17.1 Å². The van der Waals surface area contributed by atoms with Gasteiger partial charge in [0.05, 0.1) is 36.2 Å². The number of allylic oxidation sites excluding steroid dienone is 1. The lowest BCUT2D eigenvalue weighted by atomic mass is 9.86. The monoisotopic (exact) mass is 650 g/mol. The number of nitriles is 1. The van der Waals surface area contributed by atoms with Gasteiger partial charge in [-0.15, -0.1) is 0 Å². The summed E-state index contributed by atoms with van der Waals surface area (Å²) in [6.45, 7) is 7.74. The first-order valence-electron chi connectivity index (χ1n) is 16.6. The highest BCUT2D eigenvalue weighted by Crippen LogP contribution is 2.39. The average molecular weight is 651 g/mol. The number of hydrogen-bond donors (Lipinski definition) is 0. The van der Waals surface area contributed by atoms with E-state index in [2.05, 4.69) is 25.8 Å². The second-order valence-corrected chi connectivity index (χ2v) is 12.8. The molecule has 0 radical (unpaired) electrons. The van der Waals surface area contributed by atoms with Gasteiger partial charge in [-0.05, 0) is 50.5 Å². The van der Waals surface area contributed by atoms with Gasteiger partial charge in [0.2, 0.25) is 5.91 Å². The number of para-hydroxylation sites is 1. The van der Waals surface area contributed by atoms with Crippen LogP contribution < -0.4 is 4.74 Å². The van der Waals surface area contributed by atoms with E-state index in [1.807, 2.05) is 36.1 Å². The van der Waals surface area contributed by atoms with Gasteiger partial charge in [0.25, 0.3) is 0 Å². The number of likely N-dealkylation sites (tertiary alicyclic amines) is 1. The van der Waals surface area contributed by atoms with Gasteiger partial charge in [-0.1, -0.05) is 24.3 Å². The van der Waals surface area contributed by atoms with E-state index in [0.717, 1.165) is 45.6 Å². The molecule has 2 aromatic carbocycles. The molecule has 4 aromatic rings. The molecule has 0 bridgehead atoms. The standard InChI is InChI=1S/C36H39FN8O3/c1-36(13-8-14-38,44-19-17-42(18-20-44)26-23-47-24-26)33(35(46)43-15-6-3-7-16-43)45-34-30(22-39-25-40-34)32(41-45)29-12-11-28(21-31(29)37)48-27-9-4-2-5-10-27/h2,4-5,8-13,21-22,25-26,33H,3,6-7,15-20,23-24H2,1H3. The molecule has 0 saturated carbocycles. The highest BCUT2D eigenvalue weighted by Gasteiger charge is 2.48. The predicted octanol–water partition coefficient (Wildman–Crippen LogP) is 4.83. The Bertz CT molecular complexity index is 1820. The minimum atomic E-state index is -0.959. The third kappa shape index (κ3) is 6.17. The maximum Gasteiger partial charge on any atom is 0.249 e. The molecule has 0 N–H and O–H groups in total. The maximum atomic E-state index is 15.9. The van der Waals surface area contributed by atoms with Crippen molar-refractivity contribution in [1.82, 2.24) is 34.4 Å². The van der Waals surface area contributed by atoms with E-state index in [9.17, 15) is 10.1 Å². The molecule has 248 valence electrons. The third-order valence-corrected chi connectivity index (χ3v) is 9.87. The van der Waals surface area contributed by atoms with Crippen molar-refractivity contribution in [2.45, 2.75) is 43.8 Å². The van der Waals surface area contributed by atoms with Crippen molar-refractivity contribution in [3.05, 3.63) is 79.0 Å². The molecule has 7 rings (SSSR count). The first-order valence-corrected chi connectivity index (χ1v) is 16.6. The molecule has 3 aliphatic rings. The molecule has 2 aromatic heterocycles. The van der Waals surface area contributed by atoms with Crippen molar-refractivity contribution in [3.63, 3.8) is 0 Å². The summed E-state index contributed by atoms with van der Waals surface area (Å²) in [4.78, 5) is 30.3. The number of ether oxygens (including phenoxy) is 2. The summed E-state index contributed by atoms with van der Waals surface area (Å²) in [7, 11) is 0. The Labute approximate surface area is 279 Å². The first kappa shape index (κ1) is 31.9. The molecular weight excluding hydrogens is 611 g/mol. The van der Waals surface area contributed by atoms with E-state index >= 15 is 4.39 Å². The molecule has 5 heterocycles. The lowest BCUT2D eigenvalue weighted by Crippen LogP contribution is -2.64. The summed E-state index contributed by atoms with van der Waals surface area (Å²) in [5.41, 5.74) is 0.0247. The number of carbonyl (C=O) groups excluding carboxylic acids is 1. The van der Waals surface area contributed by atoms with Gasteiger partial charge in [-0.2, -0.15) is 10.4 Å². The Hall–Kier alpha value is -4.70. The average Bonchev–Trinajstić information content (AvgIpc) is 3.46. The lowest BCUT2D eigenvalue weighted by Gasteiger charge is -2.50. The SMILES string of the molecule is CC(C=CC#N)(C(C(=O)N1CCCCC1)n1nc(-c2ccc(Oc3ccccc3)cc2F)c2cncnc21)N1CCN(C2COC2)CC1. The van der Waals surface area contributed by atoms with E-state index in [-0.39, 0.29) is 11.5 Å².